The predicted molar refractivity (Wildman–Crippen MR) is 50.5 cm³/mol. The van der Waals surface area contributed by atoms with E-state index in [0.29, 0.717) is 0 Å². The normalized spacial score (nSPS) is 19.6. The topological polar surface area (TPSA) is 0 Å². The second-order valence-corrected chi connectivity index (χ2v) is 2.88. The smallest absolute Gasteiger partial charge is 0.0348 e. The van der Waals surface area contributed by atoms with Gasteiger partial charge >= 0.3 is 0 Å². The second kappa shape index (κ2) is 5.96. The molecule has 1 aliphatic carbocycles. The molecule has 0 aromatic heterocycles. The lowest BCUT2D eigenvalue weighted by Crippen LogP contribution is -1.73. The fourth-order valence-electron chi connectivity index (χ4n) is 1.18. The third kappa shape index (κ3) is 4.60. The van der Waals surface area contributed by atoms with Crippen molar-refractivity contribution in [3.8, 4) is 0 Å². The van der Waals surface area contributed by atoms with Crippen LogP contribution < -0.4 is 0 Å². The molecule has 0 saturated heterocycles. The maximum atomic E-state index is 2.25. The van der Waals surface area contributed by atoms with Crippen LogP contribution in [0.2, 0.25) is 0 Å². The van der Waals surface area contributed by atoms with E-state index in [9.17, 15) is 0 Å². The van der Waals surface area contributed by atoms with Crippen molar-refractivity contribution in [1.82, 2.24) is 0 Å². The van der Waals surface area contributed by atoms with Crippen LogP contribution in [0.3, 0.4) is 0 Å². The standard InChI is InChI=1S/C11H16/c1-2-4-6-8-10-11-9-7-5-3-1/h1-6H,7-11H2. The highest BCUT2D eigenvalue weighted by Gasteiger charge is 1.85. The summed E-state index contributed by atoms with van der Waals surface area (Å²) in [5, 5.41) is 0. The molecule has 0 aliphatic heterocycles. The first kappa shape index (κ1) is 8.32. The molecule has 0 heteroatoms. The molecule has 0 radical (unpaired) electrons. The fraction of sp³-hybridized carbons (Fsp3) is 0.455. The Hall–Kier alpha value is -0.780. The van der Waals surface area contributed by atoms with Crippen molar-refractivity contribution in [1.29, 1.82) is 0 Å². The van der Waals surface area contributed by atoms with E-state index in [1.165, 1.54) is 32.1 Å². The minimum atomic E-state index is 1.24. The molecule has 0 fully saturated rings. The van der Waals surface area contributed by atoms with Gasteiger partial charge in [0.2, 0.25) is 0 Å². The average molecular weight is 148 g/mol. The summed E-state index contributed by atoms with van der Waals surface area (Å²) in [6.07, 6.45) is 19.5. The van der Waals surface area contributed by atoms with Crippen LogP contribution in [0.5, 0.6) is 0 Å². The number of hydrogen-bond donors (Lipinski definition) is 0. The lowest BCUT2D eigenvalue weighted by Gasteiger charge is -1.93. The van der Waals surface area contributed by atoms with Crippen molar-refractivity contribution < 1.29 is 0 Å². The van der Waals surface area contributed by atoms with Gasteiger partial charge in [-0.1, -0.05) is 42.9 Å². The van der Waals surface area contributed by atoms with Crippen LogP contribution in [0.25, 0.3) is 0 Å². The van der Waals surface area contributed by atoms with E-state index in [0.717, 1.165) is 0 Å². The Morgan fingerprint density at radius 1 is 0.545 bits per heavy atom. The molecule has 0 aromatic carbocycles. The first-order chi connectivity index (χ1) is 5.50. The average Bonchev–Trinajstić information content (AvgIpc) is 2.08. The van der Waals surface area contributed by atoms with E-state index in [1.807, 2.05) is 0 Å². The Morgan fingerprint density at radius 2 is 1.09 bits per heavy atom. The van der Waals surface area contributed by atoms with Gasteiger partial charge in [0.1, 0.15) is 0 Å². The number of hydrogen-bond acceptors (Lipinski definition) is 0. The Labute approximate surface area is 69.3 Å². The molecule has 0 amide bonds. The molecule has 0 heterocycles. The van der Waals surface area contributed by atoms with Gasteiger partial charge in [0.25, 0.3) is 0 Å². The van der Waals surface area contributed by atoms with E-state index < -0.39 is 0 Å². The zero-order valence-corrected chi connectivity index (χ0v) is 7.00. The third-order valence-corrected chi connectivity index (χ3v) is 1.85. The van der Waals surface area contributed by atoms with Crippen LogP contribution in [0, 0.1) is 0 Å². The third-order valence-electron chi connectivity index (χ3n) is 1.85. The van der Waals surface area contributed by atoms with Crippen molar-refractivity contribution in [2.24, 2.45) is 0 Å². The van der Waals surface area contributed by atoms with Gasteiger partial charge in [-0.15, -0.1) is 0 Å². The summed E-state index contributed by atoms with van der Waals surface area (Å²) in [5.74, 6) is 0. The van der Waals surface area contributed by atoms with Crippen molar-refractivity contribution in [2.75, 3.05) is 0 Å². The predicted octanol–water partition coefficient (Wildman–Crippen LogP) is 3.62. The Kier molecular flexibility index (Phi) is 4.51. The van der Waals surface area contributed by atoms with Gasteiger partial charge in [-0.05, 0) is 25.7 Å². The molecule has 60 valence electrons. The first-order valence-corrected chi connectivity index (χ1v) is 4.48. The van der Waals surface area contributed by atoms with Crippen LogP contribution in [0.4, 0.5) is 0 Å². The fourth-order valence-corrected chi connectivity index (χ4v) is 1.18. The van der Waals surface area contributed by atoms with Crippen molar-refractivity contribution in [3.05, 3.63) is 36.5 Å². The van der Waals surface area contributed by atoms with Crippen LogP contribution in [0.15, 0.2) is 36.5 Å². The first-order valence-electron chi connectivity index (χ1n) is 4.48. The van der Waals surface area contributed by atoms with E-state index in [2.05, 4.69) is 36.5 Å². The largest absolute Gasteiger partial charge is 0.0845 e. The van der Waals surface area contributed by atoms with Crippen LogP contribution in [0.1, 0.15) is 32.1 Å². The van der Waals surface area contributed by atoms with Gasteiger partial charge < -0.3 is 0 Å². The van der Waals surface area contributed by atoms with E-state index in [1.54, 1.807) is 0 Å². The van der Waals surface area contributed by atoms with Gasteiger partial charge in [0.15, 0.2) is 0 Å². The molecule has 0 atom stereocenters. The van der Waals surface area contributed by atoms with Gasteiger partial charge in [-0.3, -0.25) is 0 Å². The molecule has 0 unspecified atom stereocenters. The summed E-state index contributed by atoms with van der Waals surface area (Å²) in [4.78, 5) is 0. The van der Waals surface area contributed by atoms with Crippen molar-refractivity contribution in [3.63, 3.8) is 0 Å². The molecular weight excluding hydrogens is 132 g/mol. The van der Waals surface area contributed by atoms with Crippen LogP contribution in [-0.2, 0) is 0 Å². The molecule has 1 aliphatic rings. The molecule has 0 spiro atoms. The van der Waals surface area contributed by atoms with Crippen LogP contribution in [-0.4, -0.2) is 0 Å². The second-order valence-electron chi connectivity index (χ2n) is 2.88. The minimum absolute atomic E-state index is 1.24. The molecule has 1 rings (SSSR count). The number of rotatable bonds is 0. The van der Waals surface area contributed by atoms with Gasteiger partial charge in [-0.2, -0.15) is 0 Å². The monoisotopic (exact) mass is 148 g/mol. The van der Waals surface area contributed by atoms with Crippen molar-refractivity contribution >= 4 is 0 Å². The molecular formula is C11H16. The Bertz CT molecular complexity index is 143. The quantitative estimate of drug-likeness (QED) is 0.492. The molecule has 0 bridgehead atoms. The van der Waals surface area contributed by atoms with E-state index >= 15 is 0 Å². The zero-order chi connectivity index (χ0) is 7.78. The Morgan fingerprint density at radius 3 is 1.64 bits per heavy atom. The summed E-state index contributed by atoms with van der Waals surface area (Å²) in [7, 11) is 0. The molecule has 0 N–H and O–H groups in total. The molecule has 0 nitrogen and oxygen atoms in total. The number of allylic oxidation sites excluding steroid dienone is 6. The summed E-state index contributed by atoms with van der Waals surface area (Å²) in [6.45, 7) is 0. The van der Waals surface area contributed by atoms with Gasteiger partial charge in [0, 0.05) is 0 Å². The van der Waals surface area contributed by atoms with Gasteiger partial charge in [0.05, 0.1) is 0 Å². The lowest BCUT2D eigenvalue weighted by molar-refractivity contribution is 0.696. The molecule has 11 heavy (non-hydrogen) atoms. The highest BCUT2D eigenvalue weighted by atomic mass is 13.9. The van der Waals surface area contributed by atoms with E-state index in [-0.39, 0.29) is 0 Å². The van der Waals surface area contributed by atoms with E-state index in [4.69, 9.17) is 0 Å². The van der Waals surface area contributed by atoms with Gasteiger partial charge in [-0.25, -0.2) is 0 Å². The minimum Gasteiger partial charge on any atom is -0.0845 e. The highest BCUT2D eigenvalue weighted by molar-refractivity contribution is 5.11. The van der Waals surface area contributed by atoms with Crippen LogP contribution >= 0.6 is 0 Å². The molecule has 0 aromatic rings. The maximum absolute atomic E-state index is 2.25. The summed E-state index contributed by atoms with van der Waals surface area (Å²) in [6, 6.07) is 0. The summed E-state index contributed by atoms with van der Waals surface area (Å²) >= 11 is 0. The Balaban J connectivity index is 2.36. The summed E-state index contributed by atoms with van der Waals surface area (Å²) in [5.41, 5.74) is 0. The summed E-state index contributed by atoms with van der Waals surface area (Å²) < 4.78 is 0. The zero-order valence-electron chi connectivity index (χ0n) is 7.00. The SMILES string of the molecule is C1=CC=CCCCCCC=C1. The molecule has 0 saturated carbocycles. The highest BCUT2D eigenvalue weighted by Crippen LogP contribution is 2.05. The van der Waals surface area contributed by atoms with Crippen molar-refractivity contribution in [2.45, 2.75) is 32.1 Å². The lowest BCUT2D eigenvalue weighted by atomic mass is 10.1. The maximum Gasteiger partial charge on any atom is -0.0348 e.